The number of aromatic nitrogens is 1. The fourth-order valence-electron chi connectivity index (χ4n) is 1.63. The molecule has 0 saturated carbocycles. The first-order valence-corrected chi connectivity index (χ1v) is 5.69. The van der Waals surface area contributed by atoms with Crippen LogP contribution < -0.4 is 16.6 Å². The van der Waals surface area contributed by atoms with Crippen molar-refractivity contribution in [3.05, 3.63) is 58.2 Å². The van der Waals surface area contributed by atoms with Crippen LogP contribution in [0.1, 0.15) is 10.4 Å². The molecule has 0 radical (unpaired) electrons. The Hall–Kier alpha value is -3.07. The minimum absolute atomic E-state index is 0.0786. The van der Waals surface area contributed by atoms with Gasteiger partial charge in [0.1, 0.15) is 0 Å². The van der Waals surface area contributed by atoms with Gasteiger partial charge in [-0.05, 0) is 12.1 Å². The van der Waals surface area contributed by atoms with E-state index in [0.717, 1.165) is 12.1 Å². The van der Waals surface area contributed by atoms with Crippen LogP contribution in [0.3, 0.4) is 0 Å². The molecular weight excluding hydrogens is 281 g/mol. The molecule has 0 aliphatic carbocycles. The van der Waals surface area contributed by atoms with E-state index in [1.165, 1.54) is 24.5 Å². The molecule has 0 aliphatic rings. The van der Waals surface area contributed by atoms with Crippen LogP contribution in [0.4, 0.5) is 21.5 Å². The van der Waals surface area contributed by atoms with Gasteiger partial charge in [0.05, 0.1) is 16.2 Å². The normalized spacial score (nSPS) is 10.0. The molecule has 21 heavy (non-hydrogen) atoms. The predicted molar refractivity (Wildman–Crippen MR) is 73.1 cm³/mol. The number of nitrogens with zero attached hydrogens (tertiary/aromatic N) is 2. The summed E-state index contributed by atoms with van der Waals surface area (Å²) in [7, 11) is 0. The van der Waals surface area contributed by atoms with Gasteiger partial charge in [-0.25, -0.2) is 0 Å². The molecule has 0 saturated heterocycles. The lowest BCUT2D eigenvalue weighted by molar-refractivity contribution is -0.387. The van der Waals surface area contributed by atoms with Gasteiger partial charge in [-0.3, -0.25) is 25.7 Å². The Morgan fingerprint density at radius 1 is 1.38 bits per heavy atom. The monoisotopic (exact) mass is 291 g/mol. The molecule has 108 valence electrons. The molecule has 2 aromatic rings. The molecule has 1 aromatic heterocycles. The molecule has 0 fully saturated rings. The van der Waals surface area contributed by atoms with Gasteiger partial charge < -0.3 is 10.7 Å². The number of pyridine rings is 1. The number of nitro benzene ring substituents is 1. The highest BCUT2D eigenvalue weighted by Gasteiger charge is 2.16. The smallest absolute Gasteiger partial charge is 0.304 e. The molecule has 8 nitrogen and oxygen atoms in total. The topological polar surface area (TPSA) is 123 Å². The van der Waals surface area contributed by atoms with Crippen molar-refractivity contribution in [2.45, 2.75) is 0 Å². The number of anilines is 2. The Labute approximate surface area is 117 Å². The van der Waals surface area contributed by atoms with Crippen molar-refractivity contribution in [2.24, 2.45) is 5.84 Å². The minimum Gasteiger partial charge on any atom is -0.323 e. The van der Waals surface area contributed by atoms with Crippen LogP contribution in [0.25, 0.3) is 0 Å². The Balaban J connectivity index is 2.24. The van der Waals surface area contributed by atoms with Crippen LogP contribution >= 0.6 is 0 Å². The first-order valence-electron chi connectivity index (χ1n) is 5.69. The van der Waals surface area contributed by atoms with E-state index in [9.17, 15) is 19.3 Å². The van der Waals surface area contributed by atoms with Gasteiger partial charge in [0.2, 0.25) is 5.82 Å². The van der Waals surface area contributed by atoms with E-state index in [-0.39, 0.29) is 11.3 Å². The Morgan fingerprint density at radius 2 is 2.14 bits per heavy atom. The first-order chi connectivity index (χ1) is 10.0. The Morgan fingerprint density at radius 3 is 2.76 bits per heavy atom. The number of benzene rings is 1. The van der Waals surface area contributed by atoms with Crippen LogP contribution in [0.5, 0.6) is 0 Å². The summed E-state index contributed by atoms with van der Waals surface area (Å²) < 4.78 is 13.5. The number of nitrogens with two attached hydrogens (primary N) is 1. The third kappa shape index (κ3) is 3.09. The lowest BCUT2D eigenvalue weighted by atomic mass is 10.2. The first kappa shape index (κ1) is 14.3. The van der Waals surface area contributed by atoms with Gasteiger partial charge in [0, 0.05) is 30.2 Å². The number of amides is 1. The maximum absolute atomic E-state index is 13.5. The maximum atomic E-state index is 13.5. The molecule has 2 rings (SSSR count). The summed E-state index contributed by atoms with van der Waals surface area (Å²) in [6, 6.07) is 4.55. The average molecular weight is 291 g/mol. The SMILES string of the molecule is NNc1ccncc1C(=O)Nc1ccc([N+](=O)[O-])c(F)c1. The fourth-order valence-corrected chi connectivity index (χ4v) is 1.63. The zero-order valence-electron chi connectivity index (χ0n) is 10.5. The van der Waals surface area contributed by atoms with Gasteiger partial charge in [-0.2, -0.15) is 4.39 Å². The highest BCUT2D eigenvalue weighted by atomic mass is 19.1. The zero-order valence-corrected chi connectivity index (χ0v) is 10.5. The van der Waals surface area contributed by atoms with Gasteiger partial charge in [-0.1, -0.05) is 0 Å². The highest BCUT2D eigenvalue weighted by Crippen LogP contribution is 2.22. The number of carbonyl (C=O) groups is 1. The van der Waals surface area contributed by atoms with E-state index in [1.54, 1.807) is 0 Å². The third-order valence-corrected chi connectivity index (χ3v) is 2.62. The zero-order chi connectivity index (χ0) is 15.4. The molecule has 1 amide bonds. The van der Waals surface area contributed by atoms with Crippen molar-refractivity contribution in [1.82, 2.24) is 4.98 Å². The van der Waals surface area contributed by atoms with E-state index < -0.39 is 22.3 Å². The number of carbonyl (C=O) groups excluding carboxylic acids is 1. The number of nitrogen functional groups attached to an aromatic ring is 1. The Kier molecular flexibility index (Phi) is 4.05. The molecule has 4 N–H and O–H groups in total. The largest absolute Gasteiger partial charge is 0.323 e. The van der Waals surface area contributed by atoms with Crippen molar-refractivity contribution < 1.29 is 14.1 Å². The van der Waals surface area contributed by atoms with Gasteiger partial charge in [0.15, 0.2) is 0 Å². The summed E-state index contributed by atoms with van der Waals surface area (Å²) in [6.45, 7) is 0. The van der Waals surface area contributed by atoms with Crippen LogP contribution in [-0.4, -0.2) is 15.8 Å². The quantitative estimate of drug-likeness (QED) is 0.447. The molecule has 9 heteroatoms. The van der Waals surface area contributed by atoms with Crippen molar-refractivity contribution in [2.75, 3.05) is 10.7 Å². The maximum Gasteiger partial charge on any atom is 0.304 e. The van der Waals surface area contributed by atoms with Crippen molar-refractivity contribution in [3.8, 4) is 0 Å². The lowest BCUT2D eigenvalue weighted by Crippen LogP contribution is -2.17. The van der Waals surface area contributed by atoms with E-state index in [2.05, 4.69) is 15.7 Å². The molecule has 1 aromatic carbocycles. The number of rotatable bonds is 4. The van der Waals surface area contributed by atoms with Gasteiger partial charge in [0.25, 0.3) is 5.91 Å². The van der Waals surface area contributed by atoms with Crippen LogP contribution in [-0.2, 0) is 0 Å². The summed E-state index contributed by atoms with van der Waals surface area (Å²) >= 11 is 0. The summed E-state index contributed by atoms with van der Waals surface area (Å²) in [6.07, 6.45) is 2.73. The molecule has 0 atom stereocenters. The molecular formula is C12H10FN5O3. The summed E-state index contributed by atoms with van der Waals surface area (Å²) in [5.41, 5.74) is 2.23. The van der Waals surface area contributed by atoms with Crippen LogP contribution in [0, 0.1) is 15.9 Å². The van der Waals surface area contributed by atoms with Crippen LogP contribution in [0.15, 0.2) is 36.7 Å². The third-order valence-electron chi connectivity index (χ3n) is 2.62. The number of hydrogen-bond donors (Lipinski definition) is 3. The van der Waals surface area contributed by atoms with E-state index >= 15 is 0 Å². The minimum atomic E-state index is -1.04. The number of hydrogen-bond acceptors (Lipinski definition) is 6. The average Bonchev–Trinajstić information content (AvgIpc) is 2.46. The second kappa shape index (κ2) is 5.92. The number of hydrazine groups is 1. The van der Waals surface area contributed by atoms with Crippen molar-refractivity contribution in [3.63, 3.8) is 0 Å². The number of halogens is 1. The highest BCUT2D eigenvalue weighted by molar-refractivity contribution is 6.07. The van der Waals surface area contributed by atoms with Crippen LogP contribution in [0.2, 0.25) is 0 Å². The van der Waals surface area contributed by atoms with E-state index in [4.69, 9.17) is 5.84 Å². The Bertz CT molecular complexity index is 707. The standard InChI is InChI=1S/C12H10FN5O3/c13-9-5-7(1-2-11(9)18(20)21)16-12(19)8-6-15-4-3-10(8)17-14/h1-6H,14H2,(H,15,17)(H,16,19). The molecule has 1 heterocycles. The van der Waals surface area contributed by atoms with Crippen molar-refractivity contribution >= 4 is 23.0 Å². The van der Waals surface area contributed by atoms with E-state index in [0.29, 0.717) is 5.69 Å². The van der Waals surface area contributed by atoms with Gasteiger partial charge in [-0.15, -0.1) is 0 Å². The summed E-state index contributed by atoms with van der Waals surface area (Å²) in [5.74, 6) is 3.65. The van der Waals surface area contributed by atoms with Crippen molar-refractivity contribution in [1.29, 1.82) is 0 Å². The molecule has 0 unspecified atom stereocenters. The molecule has 0 bridgehead atoms. The summed E-state index contributed by atoms with van der Waals surface area (Å²) in [4.78, 5) is 25.5. The summed E-state index contributed by atoms with van der Waals surface area (Å²) in [5, 5.41) is 12.9. The number of nitro groups is 1. The second-order valence-electron chi connectivity index (χ2n) is 3.94. The fraction of sp³-hybridized carbons (Fsp3) is 0. The van der Waals surface area contributed by atoms with Gasteiger partial charge >= 0.3 is 5.69 Å². The lowest BCUT2D eigenvalue weighted by Gasteiger charge is -2.09. The number of nitrogens with one attached hydrogen (secondary N) is 2. The molecule has 0 spiro atoms. The predicted octanol–water partition coefficient (Wildman–Crippen LogP) is 1.67. The second-order valence-corrected chi connectivity index (χ2v) is 3.94. The molecule has 0 aliphatic heterocycles. The van der Waals surface area contributed by atoms with E-state index in [1.807, 2.05) is 0 Å².